The molecule has 0 saturated heterocycles. The van der Waals surface area contributed by atoms with Crippen LogP contribution in [0.2, 0.25) is 0 Å². The van der Waals surface area contributed by atoms with Crippen molar-refractivity contribution in [3.8, 4) is 44.5 Å². The summed E-state index contributed by atoms with van der Waals surface area (Å²) in [6, 6.07) is 42.3. The minimum atomic E-state index is -1.03. The number of hydrogen-bond donors (Lipinski definition) is 3. The topological polar surface area (TPSA) is 94.7 Å². The summed E-state index contributed by atoms with van der Waals surface area (Å²) in [7, 11) is 0. The van der Waals surface area contributed by atoms with Crippen molar-refractivity contribution < 1.29 is 9.90 Å². The van der Waals surface area contributed by atoms with Gasteiger partial charge in [-0.15, -0.1) is 0 Å². The SMILES string of the molecule is Cc1ccc(-c2c3nc(c(-c4ccc(C)cc4)c4ccc([nH]4)c(-c4ccc(C)cc4)c4nc(c(-c5ccc(C)cc5)c5ccc2[nH]5)C=C4/C=C\C(=O)O)C=C3)cc1. The van der Waals surface area contributed by atoms with Gasteiger partial charge in [-0.25, -0.2) is 14.8 Å². The minimum absolute atomic E-state index is 0.667. The molecule has 2 aliphatic rings. The molecule has 0 radical (unpaired) electrons. The van der Waals surface area contributed by atoms with E-state index in [2.05, 4.69) is 171 Å². The molecular weight excluding hydrogens is 701 g/mol. The normalized spacial score (nSPS) is 12.3. The van der Waals surface area contributed by atoms with Crippen LogP contribution in [0.1, 0.15) is 45.0 Å². The summed E-state index contributed by atoms with van der Waals surface area (Å²) in [5.41, 5.74) is 19.6. The van der Waals surface area contributed by atoms with Gasteiger partial charge in [0.1, 0.15) is 0 Å². The Labute approximate surface area is 331 Å². The first-order valence-electron chi connectivity index (χ1n) is 19.1. The van der Waals surface area contributed by atoms with E-state index in [0.29, 0.717) is 17.0 Å². The molecule has 7 aromatic rings. The maximum absolute atomic E-state index is 12.0. The van der Waals surface area contributed by atoms with Gasteiger partial charge in [0.2, 0.25) is 0 Å². The van der Waals surface area contributed by atoms with Gasteiger partial charge in [-0.3, -0.25) is 0 Å². The molecule has 5 heterocycles. The number of fused-ring (bicyclic) bond motifs is 8. The van der Waals surface area contributed by atoms with Crippen LogP contribution in [0.4, 0.5) is 0 Å². The second kappa shape index (κ2) is 14.4. The third kappa shape index (κ3) is 6.83. The van der Waals surface area contributed by atoms with Gasteiger partial charge in [-0.1, -0.05) is 119 Å². The van der Waals surface area contributed by atoms with E-state index in [1.54, 1.807) is 6.08 Å². The Bertz CT molecular complexity index is 2980. The fraction of sp³-hybridized carbons (Fsp3) is 0.0784. The van der Waals surface area contributed by atoms with E-state index in [1.165, 1.54) is 17.2 Å². The maximum atomic E-state index is 12.0. The number of carboxylic acids is 1. The van der Waals surface area contributed by atoms with E-state index in [1.807, 2.05) is 6.08 Å². The summed E-state index contributed by atoms with van der Waals surface area (Å²) in [6.07, 6.45) is 9.05. The maximum Gasteiger partial charge on any atom is 0.328 e. The molecule has 0 atom stereocenters. The molecule has 4 aromatic carbocycles. The first-order valence-corrected chi connectivity index (χ1v) is 19.1. The standard InChI is InChI=1S/C51H40N4O2/c1-30-5-13-34(14-6-30)47-39-22-23-40(52-39)48(35-15-7-31(2)8-16-35)42-26-27-44(54-42)50(37-19-11-33(4)12-20-37)51-38(21-28-46(56)57)29-45(55-51)49(43-25-24-41(47)53-43)36-17-9-32(3)10-18-36/h5-29,53-54H,1-4H3,(H,56,57)/b28-21-,47-39?,47-41?,48-40?,48-42?,49-43?,49-45?,50-44?,51-50?. The number of benzene rings is 4. The number of allylic oxidation sites excluding steroid dienone is 2. The molecule has 3 aromatic heterocycles. The molecule has 2 aliphatic heterocycles. The van der Waals surface area contributed by atoms with Crippen LogP contribution in [-0.4, -0.2) is 31.0 Å². The van der Waals surface area contributed by atoms with Crippen LogP contribution in [0.25, 0.3) is 90.4 Å². The van der Waals surface area contributed by atoms with Crippen molar-refractivity contribution >= 4 is 51.8 Å². The average molecular weight is 741 g/mol. The average Bonchev–Trinajstić information content (AvgIpc) is 4.04. The van der Waals surface area contributed by atoms with Crippen molar-refractivity contribution in [3.05, 3.63) is 179 Å². The van der Waals surface area contributed by atoms with Gasteiger partial charge in [0.25, 0.3) is 0 Å². The van der Waals surface area contributed by atoms with Crippen molar-refractivity contribution in [2.24, 2.45) is 0 Å². The highest BCUT2D eigenvalue weighted by molar-refractivity contribution is 6.04. The van der Waals surface area contributed by atoms with Crippen molar-refractivity contribution in [2.75, 3.05) is 0 Å². The molecule has 57 heavy (non-hydrogen) atoms. The Morgan fingerprint density at radius 2 is 0.825 bits per heavy atom. The Morgan fingerprint density at radius 1 is 0.474 bits per heavy atom. The lowest BCUT2D eigenvalue weighted by molar-refractivity contribution is -0.131. The Balaban J connectivity index is 1.50. The largest absolute Gasteiger partial charge is 0.478 e. The predicted octanol–water partition coefficient (Wildman–Crippen LogP) is 12.6. The lowest BCUT2D eigenvalue weighted by Gasteiger charge is -2.08. The summed E-state index contributed by atoms with van der Waals surface area (Å²) < 4.78 is 0. The molecule has 3 N–H and O–H groups in total. The summed E-state index contributed by atoms with van der Waals surface area (Å²) in [5.74, 6) is -1.03. The second-order valence-electron chi connectivity index (χ2n) is 14.9. The van der Waals surface area contributed by atoms with E-state index < -0.39 is 5.97 Å². The first-order chi connectivity index (χ1) is 27.7. The molecule has 8 bridgehead atoms. The smallest absolute Gasteiger partial charge is 0.328 e. The zero-order valence-corrected chi connectivity index (χ0v) is 32.2. The van der Waals surface area contributed by atoms with Crippen molar-refractivity contribution in [1.82, 2.24) is 19.9 Å². The van der Waals surface area contributed by atoms with Gasteiger partial charge in [0.05, 0.1) is 22.8 Å². The number of rotatable bonds is 6. The van der Waals surface area contributed by atoms with Gasteiger partial charge in [0.15, 0.2) is 0 Å². The van der Waals surface area contributed by atoms with E-state index in [9.17, 15) is 9.90 Å². The number of nitrogens with one attached hydrogen (secondary N) is 2. The van der Waals surface area contributed by atoms with Crippen LogP contribution in [0.3, 0.4) is 0 Å². The highest BCUT2D eigenvalue weighted by atomic mass is 16.4. The number of aliphatic carboxylic acids is 1. The molecule has 276 valence electrons. The van der Waals surface area contributed by atoms with E-state index in [-0.39, 0.29) is 0 Å². The number of carbonyl (C=O) groups is 1. The summed E-state index contributed by atoms with van der Waals surface area (Å²) in [5, 5.41) is 9.85. The number of nitrogens with zero attached hydrogens (tertiary/aromatic N) is 2. The number of aromatic amines is 2. The highest BCUT2D eigenvalue weighted by Gasteiger charge is 2.22. The molecule has 0 aliphatic carbocycles. The molecular formula is C51H40N4O2. The minimum Gasteiger partial charge on any atom is -0.478 e. The number of carboxylic acid groups (broad SMARTS) is 1. The quantitative estimate of drug-likeness (QED) is 0.148. The molecule has 0 fully saturated rings. The number of hydrogen-bond acceptors (Lipinski definition) is 3. The fourth-order valence-corrected chi connectivity index (χ4v) is 7.69. The second-order valence-corrected chi connectivity index (χ2v) is 14.9. The van der Waals surface area contributed by atoms with Crippen LogP contribution in [-0.2, 0) is 4.79 Å². The third-order valence-corrected chi connectivity index (χ3v) is 10.7. The third-order valence-electron chi connectivity index (χ3n) is 10.7. The lowest BCUT2D eigenvalue weighted by atomic mass is 9.98. The molecule has 9 rings (SSSR count). The van der Waals surface area contributed by atoms with Crippen molar-refractivity contribution in [3.63, 3.8) is 0 Å². The Morgan fingerprint density at radius 3 is 1.21 bits per heavy atom. The van der Waals surface area contributed by atoms with Crippen LogP contribution in [0.15, 0.2) is 133 Å². The van der Waals surface area contributed by atoms with E-state index in [0.717, 1.165) is 89.1 Å². The summed E-state index contributed by atoms with van der Waals surface area (Å²) in [4.78, 5) is 30.5. The molecule has 6 nitrogen and oxygen atoms in total. The number of aryl methyl sites for hydroxylation is 4. The monoisotopic (exact) mass is 740 g/mol. The Hall–Kier alpha value is -7.31. The highest BCUT2D eigenvalue weighted by Crippen LogP contribution is 2.41. The van der Waals surface area contributed by atoms with Gasteiger partial charge in [-0.2, -0.15) is 0 Å². The molecule has 0 amide bonds. The predicted molar refractivity (Wildman–Crippen MR) is 235 cm³/mol. The van der Waals surface area contributed by atoms with Crippen LogP contribution >= 0.6 is 0 Å². The van der Waals surface area contributed by atoms with Gasteiger partial charge in [-0.05, 0) is 98.5 Å². The Kier molecular flexibility index (Phi) is 8.94. The molecule has 0 saturated carbocycles. The van der Waals surface area contributed by atoms with Crippen LogP contribution in [0, 0.1) is 27.7 Å². The van der Waals surface area contributed by atoms with E-state index >= 15 is 0 Å². The van der Waals surface area contributed by atoms with Crippen molar-refractivity contribution in [2.45, 2.75) is 27.7 Å². The number of H-pyrrole nitrogens is 2. The molecule has 6 heteroatoms. The summed E-state index contributed by atoms with van der Waals surface area (Å²) in [6.45, 7) is 8.33. The van der Waals surface area contributed by atoms with Crippen LogP contribution in [0.5, 0.6) is 0 Å². The van der Waals surface area contributed by atoms with Gasteiger partial charge >= 0.3 is 5.97 Å². The van der Waals surface area contributed by atoms with Crippen LogP contribution < -0.4 is 0 Å². The molecule has 0 spiro atoms. The van der Waals surface area contributed by atoms with Crippen molar-refractivity contribution in [1.29, 1.82) is 0 Å². The van der Waals surface area contributed by atoms with Gasteiger partial charge in [0, 0.05) is 56.0 Å². The zero-order valence-electron chi connectivity index (χ0n) is 32.2. The summed E-state index contributed by atoms with van der Waals surface area (Å²) >= 11 is 0. The van der Waals surface area contributed by atoms with E-state index in [4.69, 9.17) is 9.97 Å². The lowest BCUT2D eigenvalue weighted by Crippen LogP contribution is -1.92. The zero-order chi connectivity index (χ0) is 39.2. The van der Waals surface area contributed by atoms with Gasteiger partial charge < -0.3 is 15.1 Å². The number of aromatic nitrogens is 4. The fourth-order valence-electron chi connectivity index (χ4n) is 7.69. The molecule has 0 unspecified atom stereocenters. The first kappa shape index (κ1) is 35.4.